The molecule has 2 nitrogen and oxygen atoms in total. The normalized spacial score (nSPS) is 44.1. The van der Waals surface area contributed by atoms with Crippen LogP contribution in [0.25, 0.3) is 0 Å². The van der Waals surface area contributed by atoms with Crippen LogP contribution in [0.5, 0.6) is 0 Å². The summed E-state index contributed by atoms with van der Waals surface area (Å²) in [6.45, 7) is 3.32. The maximum Gasteiger partial charge on any atom is 0.0953 e. The quantitative estimate of drug-likeness (QED) is 0.748. The SMILES string of the molecule is COCC12CCC(CC1C1(C)CCCCC1)O2. The Bertz CT molecular complexity index is 283. The Morgan fingerprint density at radius 3 is 2.59 bits per heavy atom. The molecule has 0 amide bonds. The second-order valence-corrected chi connectivity index (χ2v) is 6.78. The van der Waals surface area contributed by atoms with Crippen LogP contribution in [0.3, 0.4) is 0 Å². The predicted molar refractivity (Wildman–Crippen MR) is 68.0 cm³/mol. The monoisotopic (exact) mass is 238 g/mol. The molecule has 0 aromatic heterocycles. The molecule has 98 valence electrons. The first kappa shape index (κ1) is 12.0. The van der Waals surface area contributed by atoms with Crippen LogP contribution in [0.1, 0.15) is 58.3 Å². The molecule has 17 heavy (non-hydrogen) atoms. The van der Waals surface area contributed by atoms with Gasteiger partial charge in [-0.1, -0.05) is 26.2 Å². The number of ether oxygens (including phenoxy) is 2. The van der Waals surface area contributed by atoms with Crippen LogP contribution < -0.4 is 0 Å². The average molecular weight is 238 g/mol. The average Bonchev–Trinajstić information content (AvgIpc) is 2.88. The van der Waals surface area contributed by atoms with Crippen molar-refractivity contribution in [1.82, 2.24) is 0 Å². The molecule has 2 aliphatic heterocycles. The van der Waals surface area contributed by atoms with Gasteiger partial charge >= 0.3 is 0 Å². The number of fused-ring (bicyclic) bond motifs is 2. The maximum atomic E-state index is 6.31. The molecule has 0 aromatic rings. The van der Waals surface area contributed by atoms with Crippen LogP contribution in [-0.2, 0) is 9.47 Å². The molecule has 0 aromatic carbocycles. The van der Waals surface area contributed by atoms with Crippen LogP contribution >= 0.6 is 0 Å². The largest absolute Gasteiger partial charge is 0.382 e. The summed E-state index contributed by atoms with van der Waals surface area (Å²) in [5.74, 6) is 0.744. The first-order valence-electron chi connectivity index (χ1n) is 7.35. The summed E-state index contributed by atoms with van der Waals surface area (Å²) in [7, 11) is 1.82. The number of rotatable bonds is 3. The highest BCUT2D eigenvalue weighted by Gasteiger charge is 2.59. The van der Waals surface area contributed by atoms with E-state index in [1.54, 1.807) is 0 Å². The standard InChI is InChI=1S/C15H26O2/c1-14(7-4-3-5-8-14)13-10-12-6-9-15(13,17-12)11-16-2/h12-13H,3-11H2,1-2H3. The minimum atomic E-state index is 0.0749. The predicted octanol–water partition coefficient (Wildman–Crippen LogP) is 3.54. The molecule has 0 spiro atoms. The third-order valence-electron chi connectivity index (χ3n) is 5.65. The van der Waals surface area contributed by atoms with Gasteiger partial charge in [0.25, 0.3) is 0 Å². The second-order valence-electron chi connectivity index (χ2n) is 6.78. The fraction of sp³-hybridized carbons (Fsp3) is 1.00. The lowest BCUT2D eigenvalue weighted by Gasteiger charge is -2.46. The molecule has 3 atom stereocenters. The molecule has 2 heteroatoms. The zero-order chi connectivity index (χ0) is 11.9. The van der Waals surface area contributed by atoms with Crippen molar-refractivity contribution in [3.63, 3.8) is 0 Å². The van der Waals surface area contributed by atoms with Crippen molar-refractivity contribution < 1.29 is 9.47 Å². The first-order valence-corrected chi connectivity index (χ1v) is 7.35. The zero-order valence-electron chi connectivity index (χ0n) is 11.3. The van der Waals surface area contributed by atoms with Gasteiger partial charge in [-0.15, -0.1) is 0 Å². The molecule has 3 rings (SSSR count). The van der Waals surface area contributed by atoms with Gasteiger partial charge in [-0.05, 0) is 43.4 Å². The molecule has 1 saturated carbocycles. The van der Waals surface area contributed by atoms with Crippen molar-refractivity contribution in [1.29, 1.82) is 0 Å². The summed E-state index contributed by atoms with van der Waals surface area (Å²) in [5.41, 5.74) is 0.595. The minimum Gasteiger partial charge on any atom is -0.382 e. The summed E-state index contributed by atoms with van der Waals surface area (Å²) in [5, 5.41) is 0. The van der Waals surface area contributed by atoms with Gasteiger partial charge in [0.1, 0.15) is 0 Å². The fourth-order valence-electron chi connectivity index (χ4n) is 4.83. The van der Waals surface area contributed by atoms with Gasteiger partial charge in [0, 0.05) is 7.11 Å². The van der Waals surface area contributed by atoms with Gasteiger partial charge in [-0.25, -0.2) is 0 Å². The van der Waals surface area contributed by atoms with E-state index in [1.807, 2.05) is 7.11 Å². The molecule has 2 saturated heterocycles. The van der Waals surface area contributed by atoms with Gasteiger partial charge in [0.05, 0.1) is 18.3 Å². The van der Waals surface area contributed by atoms with E-state index >= 15 is 0 Å². The van der Waals surface area contributed by atoms with Crippen LogP contribution in [-0.4, -0.2) is 25.4 Å². The second kappa shape index (κ2) is 4.24. The molecule has 2 bridgehead atoms. The molecular formula is C15H26O2. The molecule has 3 aliphatic rings. The third kappa shape index (κ3) is 1.84. The lowest BCUT2D eigenvalue weighted by atomic mass is 9.59. The highest BCUT2D eigenvalue weighted by molar-refractivity contribution is 5.08. The Labute approximate surface area is 105 Å². The van der Waals surface area contributed by atoms with E-state index in [2.05, 4.69) is 6.92 Å². The zero-order valence-corrected chi connectivity index (χ0v) is 11.3. The summed E-state index contributed by atoms with van der Waals surface area (Å²) >= 11 is 0. The van der Waals surface area contributed by atoms with E-state index in [-0.39, 0.29) is 5.60 Å². The van der Waals surface area contributed by atoms with E-state index in [0.29, 0.717) is 11.5 Å². The molecule has 3 unspecified atom stereocenters. The Balaban J connectivity index is 1.82. The highest BCUT2D eigenvalue weighted by Crippen LogP contribution is 2.58. The van der Waals surface area contributed by atoms with Gasteiger partial charge in [0.15, 0.2) is 0 Å². The van der Waals surface area contributed by atoms with Gasteiger partial charge in [0.2, 0.25) is 0 Å². The van der Waals surface area contributed by atoms with Crippen LogP contribution in [0.4, 0.5) is 0 Å². The Morgan fingerprint density at radius 1 is 1.18 bits per heavy atom. The fourth-order valence-corrected chi connectivity index (χ4v) is 4.83. The van der Waals surface area contributed by atoms with E-state index in [0.717, 1.165) is 12.5 Å². The minimum absolute atomic E-state index is 0.0749. The lowest BCUT2D eigenvalue weighted by Crippen LogP contribution is -2.47. The van der Waals surface area contributed by atoms with Crippen molar-refractivity contribution in [2.24, 2.45) is 11.3 Å². The number of hydrogen-bond donors (Lipinski definition) is 0. The van der Waals surface area contributed by atoms with E-state index in [1.165, 1.54) is 51.4 Å². The molecule has 3 fully saturated rings. The summed E-state index contributed by atoms with van der Waals surface area (Å²) in [6.07, 6.45) is 11.4. The van der Waals surface area contributed by atoms with Crippen molar-refractivity contribution in [3.8, 4) is 0 Å². The Hall–Kier alpha value is -0.0800. The Kier molecular flexibility index (Phi) is 2.99. The van der Waals surface area contributed by atoms with Crippen LogP contribution in [0, 0.1) is 11.3 Å². The smallest absolute Gasteiger partial charge is 0.0953 e. The number of hydrogen-bond acceptors (Lipinski definition) is 2. The van der Waals surface area contributed by atoms with Crippen molar-refractivity contribution in [2.45, 2.75) is 70.0 Å². The Morgan fingerprint density at radius 2 is 1.94 bits per heavy atom. The van der Waals surface area contributed by atoms with Gasteiger partial charge in [-0.3, -0.25) is 0 Å². The third-order valence-corrected chi connectivity index (χ3v) is 5.65. The highest BCUT2D eigenvalue weighted by atomic mass is 16.6. The molecule has 0 radical (unpaired) electrons. The van der Waals surface area contributed by atoms with Crippen LogP contribution in [0.2, 0.25) is 0 Å². The lowest BCUT2D eigenvalue weighted by molar-refractivity contribution is -0.0929. The number of methoxy groups -OCH3 is 1. The van der Waals surface area contributed by atoms with Crippen LogP contribution in [0.15, 0.2) is 0 Å². The van der Waals surface area contributed by atoms with Gasteiger partial charge in [-0.2, -0.15) is 0 Å². The molecule has 2 heterocycles. The molecule has 0 N–H and O–H groups in total. The summed E-state index contributed by atoms with van der Waals surface area (Å²) < 4.78 is 11.8. The summed E-state index contributed by atoms with van der Waals surface area (Å²) in [6, 6.07) is 0. The maximum absolute atomic E-state index is 6.31. The van der Waals surface area contributed by atoms with Crippen molar-refractivity contribution in [3.05, 3.63) is 0 Å². The molecule has 1 aliphatic carbocycles. The van der Waals surface area contributed by atoms with Gasteiger partial charge < -0.3 is 9.47 Å². The first-order chi connectivity index (χ1) is 8.19. The molecular weight excluding hydrogens is 212 g/mol. The van der Waals surface area contributed by atoms with E-state index in [9.17, 15) is 0 Å². The summed E-state index contributed by atoms with van der Waals surface area (Å²) in [4.78, 5) is 0. The van der Waals surface area contributed by atoms with Crippen molar-refractivity contribution in [2.75, 3.05) is 13.7 Å². The van der Waals surface area contributed by atoms with Crippen molar-refractivity contribution >= 4 is 0 Å². The van der Waals surface area contributed by atoms with E-state index in [4.69, 9.17) is 9.47 Å². The van der Waals surface area contributed by atoms with E-state index < -0.39 is 0 Å². The topological polar surface area (TPSA) is 18.5 Å².